The fraction of sp³-hybridized carbons (Fsp3) is 0.786. The van der Waals surface area contributed by atoms with Gasteiger partial charge in [-0.2, -0.15) is 5.10 Å². The number of nitrogens with zero attached hydrogens (tertiary/aromatic N) is 3. The zero-order chi connectivity index (χ0) is 15.0. The molecule has 0 bridgehead atoms. The maximum atomic E-state index is 6.37. The number of hydrogen-bond donors (Lipinski definition) is 1. The summed E-state index contributed by atoms with van der Waals surface area (Å²) in [6, 6.07) is 0. The van der Waals surface area contributed by atoms with Gasteiger partial charge in [-0.25, -0.2) is 0 Å². The first kappa shape index (κ1) is 17.4. The Morgan fingerprint density at radius 1 is 1.35 bits per heavy atom. The van der Waals surface area contributed by atoms with Crippen molar-refractivity contribution < 1.29 is 4.74 Å². The Balaban J connectivity index is 2.40. The van der Waals surface area contributed by atoms with Gasteiger partial charge in [-0.1, -0.05) is 18.5 Å². The molecule has 1 heterocycles. The molecule has 0 aromatic carbocycles. The van der Waals surface area contributed by atoms with E-state index in [0.717, 1.165) is 62.2 Å². The summed E-state index contributed by atoms with van der Waals surface area (Å²) in [7, 11) is 3.82. The minimum absolute atomic E-state index is 0.762. The second-order valence-electron chi connectivity index (χ2n) is 4.85. The van der Waals surface area contributed by atoms with E-state index in [1.54, 1.807) is 7.11 Å². The molecule has 0 spiro atoms. The van der Waals surface area contributed by atoms with E-state index in [0.29, 0.717) is 0 Å². The molecular formula is C14H27ClN4O. The molecule has 6 heteroatoms. The molecule has 0 amide bonds. The summed E-state index contributed by atoms with van der Waals surface area (Å²) in [5, 5.41) is 8.77. The normalized spacial score (nSPS) is 11.5. The first-order chi connectivity index (χ1) is 9.63. The summed E-state index contributed by atoms with van der Waals surface area (Å²) in [6.07, 6.45) is 0.874. The number of aryl methyl sites for hydroxylation is 2. The van der Waals surface area contributed by atoms with E-state index in [2.05, 4.69) is 36.2 Å². The molecule has 0 saturated carbocycles. The Kier molecular flexibility index (Phi) is 8.14. The van der Waals surface area contributed by atoms with Crippen molar-refractivity contribution in [3.63, 3.8) is 0 Å². The van der Waals surface area contributed by atoms with Gasteiger partial charge in [-0.3, -0.25) is 4.68 Å². The minimum Gasteiger partial charge on any atom is -0.383 e. The smallest absolute Gasteiger partial charge is 0.0863 e. The van der Waals surface area contributed by atoms with Crippen molar-refractivity contribution in [1.82, 2.24) is 20.0 Å². The number of halogens is 1. The highest BCUT2D eigenvalue weighted by Crippen LogP contribution is 2.21. The Bertz CT molecular complexity index is 395. The Hall–Kier alpha value is -0.620. The number of rotatable bonds is 10. The van der Waals surface area contributed by atoms with Gasteiger partial charge in [0.2, 0.25) is 0 Å². The van der Waals surface area contributed by atoms with Crippen molar-refractivity contribution in [1.29, 1.82) is 0 Å². The number of hydrogen-bond acceptors (Lipinski definition) is 4. The summed E-state index contributed by atoms with van der Waals surface area (Å²) >= 11 is 6.37. The molecule has 0 saturated heterocycles. The number of likely N-dealkylation sites (N-methyl/N-ethyl adjacent to an activating group) is 1. The molecule has 20 heavy (non-hydrogen) atoms. The van der Waals surface area contributed by atoms with Crippen molar-refractivity contribution in [2.24, 2.45) is 0 Å². The lowest BCUT2D eigenvalue weighted by Crippen LogP contribution is -2.31. The molecule has 0 aliphatic carbocycles. The van der Waals surface area contributed by atoms with Crippen LogP contribution in [-0.2, 0) is 24.2 Å². The second-order valence-corrected chi connectivity index (χ2v) is 5.23. The molecule has 0 unspecified atom stereocenters. The Morgan fingerprint density at radius 2 is 2.10 bits per heavy atom. The highest BCUT2D eigenvalue weighted by Gasteiger charge is 2.13. The van der Waals surface area contributed by atoms with Crippen LogP contribution in [0.2, 0.25) is 5.02 Å². The summed E-state index contributed by atoms with van der Waals surface area (Å²) in [5.41, 5.74) is 2.08. The lowest BCUT2D eigenvalue weighted by molar-refractivity contribution is 0.161. The molecule has 1 N–H and O–H groups in total. The largest absolute Gasteiger partial charge is 0.383 e. The third kappa shape index (κ3) is 5.05. The predicted molar refractivity (Wildman–Crippen MR) is 83.4 cm³/mol. The molecule has 116 valence electrons. The Labute approximate surface area is 127 Å². The molecule has 1 aromatic heterocycles. The lowest BCUT2D eigenvalue weighted by atomic mass is 10.3. The number of aromatic nitrogens is 2. The fourth-order valence-electron chi connectivity index (χ4n) is 2.02. The van der Waals surface area contributed by atoms with Gasteiger partial charge in [0.25, 0.3) is 0 Å². The molecule has 0 aliphatic heterocycles. The average Bonchev–Trinajstić information content (AvgIpc) is 2.77. The summed E-state index contributed by atoms with van der Waals surface area (Å²) in [5.74, 6) is 0. The molecule has 1 aromatic rings. The maximum absolute atomic E-state index is 6.37. The number of methoxy groups -OCH3 is 1. The van der Waals surface area contributed by atoms with Gasteiger partial charge in [0.1, 0.15) is 0 Å². The van der Waals surface area contributed by atoms with E-state index >= 15 is 0 Å². The van der Waals surface area contributed by atoms with Crippen LogP contribution >= 0.6 is 11.6 Å². The van der Waals surface area contributed by atoms with Crippen molar-refractivity contribution in [3.8, 4) is 0 Å². The van der Waals surface area contributed by atoms with E-state index < -0.39 is 0 Å². The minimum atomic E-state index is 0.762. The van der Waals surface area contributed by atoms with Crippen LogP contribution in [-0.4, -0.2) is 55.1 Å². The summed E-state index contributed by atoms with van der Waals surface area (Å²) in [6.45, 7) is 9.41. The van der Waals surface area contributed by atoms with E-state index in [9.17, 15) is 0 Å². The van der Waals surface area contributed by atoms with E-state index in [1.807, 2.05) is 4.68 Å². The zero-order valence-electron chi connectivity index (χ0n) is 13.1. The molecular weight excluding hydrogens is 276 g/mol. The van der Waals surface area contributed by atoms with Crippen LogP contribution in [0.4, 0.5) is 0 Å². The maximum Gasteiger partial charge on any atom is 0.0863 e. The number of ether oxygens (including phenoxy) is 1. The van der Waals surface area contributed by atoms with Crippen molar-refractivity contribution in [2.45, 2.75) is 33.4 Å². The number of nitrogens with one attached hydrogen (secondary N) is 1. The van der Waals surface area contributed by atoms with Crippen LogP contribution in [0.25, 0.3) is 0 Å². The third-order valence-electron chi connectivity index (χ3n) is 3.33. The van der Waals surface area contributed by atoms with Crippen molar-refractivity contribution in [3.05, 3.63) is 16.4 Å². The zero-order valence-corrected chi connectivity index (χ0v) is 13.8. The van der Waals surface area contributed by atoms with Gasteiger partial charge < -0.3 is 15.0 Å². The highest BCUT2D eigenvalue weighted by molar-refractivity contribution is 6.31. The van der Waals surface area contributed by atoms with Gasteiger partial charge in [-0.05, 0) is 20.4 Å². The van der Waals surface area contributed by atoms with Crippen LogP contribution in [0.5, 0.6) is 0 Å². The van der Waals surface area contributed by atoms with Gasteiger partial charge in [0.05, 0.1) is 23.0 Å². The lowest BCUT2D eigenvalue weighted by Gasteiger charge is -2.16. The highest BCUT2D eigenvalue weighted by atomic mass is 35.5. The quantitative estimate of drug-likeness (QED) is 0.669. The van der Waals surface area contributed by atoms with Crippen LogP contribution in [0, 0.1) is 0 Å². The third-order valence-corrected chi connectivity index (χ3v) is 3.77. The molecule has 0 fully saturated rings. The first-order valence-corrected chi connectivity index (χ1v) is 7.64. The van der Waals surface area contributed by atoms with Crippen LogP contribution in [0.15, 0.2) is 0 Å². The fourth-order valence-corrected chi connectivity index (χ4v) is 2.36. The van der Waals surface area contributed by atoms with Gasteiger partial charge in [0.15, 0.2) is 0 Å². The average molecular weight is 303 g/mol. The molecule has 0 atom stereocenters. The van der Waals surface area contributed by atoms with Gasteiger partial charge in [-0.15, -0.1) is 0 Å². The van der Waals surface area contributed by atoms with Gasteiger partial charge in [0, 0.05) is 39.8 Å². The van der Waals surface area contributed by atoms with Crippen LogP contribution in [0.1, 0.15) is 25.2 Å². The SMILES string of the molecule is CCc1nn(CC)c(CNCCN(C)CCOC)c1Cl. The predicted octanol–water partition coefficient (Wildman–Crippen LogP) is 1.79. The van der Waals surface area contributed by atoms with E-state index in [-0.39, 0.29) is 0 Å². The van der Waals surface area contributed by atoms with E-state index in [1.165, 1.54) is 0 Å². The monoisotopic (exact) mass is 302 g/mol. The first-order valence-electron chi connectivity index (χ1n) is 7.26. The van der Waals surface area contributed by atoms with Gasteiger partial charge >= 0.3 is 0 Å². The molecule has 0 aliphatic rings. The molecule has 1 rings (SSSR count). The Morgan fingerprint density at radius 3 is 2.70 bits per heavy atom. The standard InChI is InChI=1S/C14H27ClN4O/c1-5-12-14(15)13(19(6-2)17-12)11-16-7-8-18(3)9-10-20-4/h16H,5-11H2,1-4H3. The second kappa shape index (κ2) is 9.34. The van der Waals surface area contributed by atoms with Crippen LogP contribution in [0.3, 0.4) is 0 Å². The summed E-state index contributed by atoms with van der Waals surface area (Å²) < 4.78 is 7.05. The topological polar surface area (TPSA) is 42.3 Å². The molecule has 0 radical (unpaired) electrons. The van der Waals surface area contributed by atoms with Crippen LogP contribution < -0.4 is 5.32 Å². The molecule has 5 nitrogen and oxygen atoms in total. The van der Waals surface area contributed by atoms with Crippen molar-refractivity contribution in [2.75, 3.05) is 40.4 Å². The van der Waals surface area contributed by atoms with E-state index in [4.69, 9.17) is 16.3 Å². The summed E-state index contributed by atoms with van der Waals surface area (Å²) in [4.78, 5) is 2.24. The van der Waals surface area contributed by atoms with Crippen molar-refractivity contribution >= 4 is 11.6 Å².